The summed E-state index contributed by atoms with van der Waals surface area (Å²) in [7, 11) is 1.44. The molecule has 3 nitrogen and oxygen atoms in total. The molecule has 96 valence electrons. The number of carbonyl (C=O) groups is 1. The third-order valence-electron chi connectivity index (χ3n) is 2.75. The highest BCUT2D eigenvalue weighted by atomic mass is 32.1. The maximum atomic E-state index is 11.8. The number of ether oxygens (including phenoxy) is 1. The van der Waals surface area contributed by atoms with Gasteiger partial charge in [0.2, 0.25) is 0 Å². The quantitative estimate of drug-likeness (QED) is 0.773. The molecule has 17 heavy (non-hydrogen) atoms. The van der Waals surface area contributed by atoms with E-state index in [4.69, 9.17) is 4.74 Å². The molecule has 1 aromatic rings. The highest BCUT2D eigenvalue weighted by Gasteiger charge is 2.29. The molecule has 0 bridgehead atoms. The minimum absolute atomic E-state index is 0.165. The second-order valence-electron chi connectivity index (χ2n) is 4.90. The molecule has 0 saturated carbocycles. The van der Waals surface area contributed by atoms with E-state index < -0.39 is 0 Å². The molecule has 1 unspecified atom stereocenters. The molecule has 1 rings (SSSR count). The molecule has 0 aliphatic carbocycles. The van der Waals surface area contributed by atoms with Crippen LogP contribution in [0.3, 0.4) is 0 Å². The van der Waals surface area contributed by atoms with Gasteiger partial charge in [-0.25, -0.2) is 4.98 Å². The van der Waals surface area contributed by atoms with Crippen molar-refractivity contribution in [2.75, 3.05) is 7.11 Å². The second-order valence-corrected chi connectivity index (χ2v) is 5.96. The first kappa shape index (κ1) is 14.2. The smallest absolute Gasteiger partial charge is 0.314 e. The van der Waals surface area contributed by atoms with Crippen LogP contribution >= 0.6 is 11.3 Å². The van der Waals surface area contributed by atoms with Crippen LogP contribution in [-0.2, 0) is 9.53 Å². The van der Waals surface area contributed by atoms with Crippen LogP contribution in [0.15, 0.2) is 0 Å². The monoisotopic (exact) mass is 255 g/mol. The summed E-state index contributed by atoms with van der Waals surface area (Å²) in [6, 6.07) is 0. The van der Waals surface area contributed by atoms with Crippen molar-refractivity contribution in [1.82, 2.24) is 4.98 Å². The fraction of sp³-hybridized carbons (Fsp3) is 0.692. The van der Waals surface area contributed by atoms with E-state index in [1.54, 1.807) is 11.3 Å². The summed E-state index contributed by atoms with van der Waals surface area (Å²) >= 11 is 1.64. The number of rotatable bonds is 4. The van der Waals surface area contributed by atoms with Gasteiger partial charge in [-0.1, -0.05) is 27.7 Å². The molecule has 4 heteroatoms. The van der Waals surface area contributed by atoms with Crippen LogP contribution in [-0.4, -0.2) is 18.1 Å². The molecular weight excluding hydrogens is 234 g/mol. The highest BCUT2D eigenvalue weighted by molar-refractivity contribution is 7.12. The van der Waals surface area contributed by atoms with Gasteiger partial charge in [-0.05, 0) is 12.8 Å². The van der Waals surface area contributed by atoms with Crippen molar-refractivity contribution in [1.29, 1.82) is 0 Å². The van der Waals surface area contributed by atoms with Gasteiger partial charge in [0.15, 0.2) is 0 Å². The lowest BCUT2D eigenvalue weighted by atomic mass is 9.93. The van der Waals surface area contributed by atoms with E-state index in [0.29, 0.717) is 5.92 Å². The van der Waals surface area contributed by atoms with Crippen LogP contribution in [0, 0.1) is 12.8 Å². The van der Waals surface area contributed by atoms with Crippen LogP contribution in [0.25, 0.3) is 0 Å². The largest absolute Gasteiger partial charge is 0.469 e. The predicted octanol–water partition coefficient (Wildman–Crippen LogP) is 3.49. The fourth-order valence-corrected chi connectivity index (χ4v) is 3.11. The molecule has 0 amide bonds. The van der Waals surface area contributed by atoms with Crippen molar-refractivity contribution < 1.29 is 9.53 Å². The van der Waals surface area contributed by atoms with Gasteiger partial charge in [-0.3, -0.25) is 4.79 Å². The lowest BCUT2D eigenvalue weighted by Crippen LogP contribution is -2.19. The number of hydrogen-bond donors (Lipinski definition) is 0. The van der Waals surface area contributed by atoms with Crippen LogP contribution in [0.5, 0.6) is 0 Å². The number of aromatic nitrogens is 1. The fourth-order valence-electron chi connectivity index (χ4n) is 1.77. The average molecular weight is 255 g/mol. The Labute approximate surface area is 107 Å². The zero-order valence-corrected chi connectivity index (χ0v) is 12.2. The summed E-state index contributed by atoms with van der Waals surface area (Å²) < 4.78 is 4.89. The van der Waals surface area contributed by atoms with Gasteiger partial charge in [0.05, 0.1) is 23.7 Å². The van der Waals surface area contributed by atoms with Crippen molar-refractivity contribution in [3.63, 3.8) is 0 Å². The van der Waals surface area contributed by atoms with Crippen molar-refractivity contribution in [3.05, 3.63) is 15.6 Å². The van der Waals surface area contributed by atoms with E-state index >= 15 is 0 Å². The standard InChI is InChI=1S/C13H21NO2S/c1-7(2)10(13(15)16-6)11-9(5)14-12(17-11)8(3)4/h7-8,10H,1-6H3. The van der Waals surface area contributed by atoms with E-state index in [-0.39, 0.29) is 17.8 Å². The van der Waals surface area contributed by atoms with E-state index in [9.17, 15) is 4.79 Å². The number of aryl methyl sites for hydroxylation is 1. The number of nitrogens with zero attached hydrogens (tertiary/aromatic N) is 1. The minimum atomic E-state index is -0.190. The second kappa shape index (κ2) is 5.63. The van der Waals surface area contributed by atoms with Crippen molar-refractivity contribution >= 4 is 17.3 Å². The van der Waals surface area contributed by atoms with E-state index in [2.05, 4.69) is 18.8 Å². The molecule has 0 aliphatic rings. The van der Waals surface area contributed by atoms with Gasteiger partial charge in [-0.2, -0.15) is 0 Å². The maximum absolute atomic E-state index is 11.8. The Morgan fingerprint density at radius 2 is 1.88 bits per heavy atom. The van der Waals surface area contributed by atoms with Crippen molar-refractivity contribution in [2.45, 2.75) is 46.5 Å². The van der Waals surface area contributed by atoms with Crippen LogP contribution in [0.2, 0.25) is 0 Å². The zero-order valence-electron chi connectivity index (χ0n) is 11.4. The summed E-state index contributed by atoms with van der Waals surface area (Å²) in [4.78, 5) is 17.4. The van der Waals surface area contributed by atoms with E-state index in [1.165, 1.54) is 7.11 Å². The first-order chi connectivity index (χ1) is 7.88. The molecule has 0 fully saturated rings. The Morgan fingerprint density at radius 3 is 2.24 bits per heavy atom. The molecule has 1 heterocycles. The molecule has 0 spiro atoms. The van der Waals surface area contributed by atoms with Crippen LogP contribution in [0.4, 0.5) is 0 Å². The molecule has 0 saturated heterocycles. The van der Waals surface area contributed by atoms with Crippen LogP contribution in [0.1, 0.15) is 55.1 Å². The summed E-state index contributed by atoms with van der Waals surface area (Å²) in [6.07, 6.45) is 0. The third kappa shape index (κ3) is 3.06. The minimum Gasteiger partial charge on any atom is -0.469 e. The summed E-state index contributed by atoms with van der Waals surface area (Å²) in [6.45, 7) is 10.3. The molecule has 1 aromatic heterocycles. The zero-order chi connectivity index (χ0) is 13.2. The first-order valence-corrected chi connectivity index (χ1v) is 6.75. The number of thiazole rings is 1. The van der Waals surface area contributed by atoms with E-state index in [1.807, 2.05) is 20.8 Å². The maximum Gasteiger partial charge on any atom is 0.314 e. The molecule has 0 radical (unpaired) electrons. The molecule has 0 N–H and O–H groups in total. The number of carbonyl (C=O) groups excluding carboxylic acids is 1. The van der Waals surface area contributed by atoms with Gasteiger partial charge >= 0.3 is 5.97 Å². The normalized spacial score (nSPS) is 13.2. The lowest BCUT2D eigenvalue weighted by Gasteiger charge is -2.17. The van der Waals surface area contributed by atoms with Gasteiger partial charge < -0.3 is 4.74 Å². The topological polar surface area (TPSA) is 39.2 Å². The molecule has 0 aromatic carbocycles. The van der Waals surface area contributed by atoms with Crippen molar-refractivity contribution in [2.24, 2.45) is 5.92 Å². The summed E-state index contributed by atoms with van der Waals surface area (Å²) in [5.74, 6) is 0.270. The van der Waals surface area contributed by atoms with Crippen LogP contribution < -0.4 is 0 Å². The SMILES string of the molecule is COC(=O)C(c1sc(C(C)C)nc1C)C(C)C. The summed E-state index contributed by atoms with van der Waals surface area (Å²) in [5.41, 5.74) is 0.961. The van der Waals surface area contributed by atoms with Gasteiger partial charge in [0.1, 0.15) is 0 Å². The Bertz CT molecular complexity index is 396. The first-order valence-electron chi connectivity index (χ1n) is 5.93. The highest BCUT2D eigenvalue weighted by Crippen LogP contribution is 2.35. The van der Waals surface area contributed by atoms with Crippen molar-refractivity contribution in [3.8, 4) is 0 Å². The Morgan fingerprint density at radius 1 is 1.29 bits per heavy atom. The molecule has 1 atom stereocenters. The van der Waals surface area contributed by atoms with Gasteiger partial charge in [0, 0.05) is 10.8 Å². The third-order valence-corrected chi connectivity index (χ3v) is 4.29. The Hall–Kier alpha value is -0.900. The van der Waals surface area contributed by atoms with Gasteiger partial charge in [-0.15, -0.1) is 11.3 Å². The Kier molecular flexibility index (Phi) is 4.69. The average Bonchev–Trinajstić information content (AvgIpc) is 2.60. The number of hydrogen-bond acceptors (Lipinski definition) is 4. The number of methoxy groups -OCH3 is 1. The lowest BCUT2D eigenvalue weighted by molar-refractivity contribution is -0.143. The Balaban J connectivity index is 3.14. The predicted molar refractivity (Wildman–Crippen MR) is 70.5 cm³/mol. The van der Waals surface area contributed by atoms with Gasteiger partial charge in [0.25, 0.3) is 0 Å². The number of esters is 1. The summed E-state index contributed by atoms with van der Waals surface area (Å²) in [5, 5.41) is 1.09. The molecular formula is C13H21NO2S. The van der Waals surface area contributed by atoms with E-state index in [0.717, 1.165) is 15.6 Å². The molecule has 0 aliphatic heterocycles.